The Labute approximate surface area is 98.2 Å². The third-order valence-electron chi connectivity index (χ3n) is 3.83. The molecule has 3 heteroatoms. The normalized spacial score (nSPS) is 38.4. The number of thioether (sulfide) groups is 1. The molecule has 0 aromatic carbocycles. The SMILES string of the molecule is CCC1CN(CC2NCCC2C)CCS1. The van der Waals surface area contributed by atoms with Gasteiger partial charge in [-0.05, 0) is 25.3 Å². The Morgan fingerprint density at radius 1 is 1.47 bits per heavy atom. The van der Waals surface area contributed by atoms with Crippen molar-refractivity contribution >= 4 is 11.8 Å². The molecule has 0 aromatic rings. The van der Waals surface area contributed by atoms with Gasteiger partial charge in [0, 0.05) is 36.7 Å². The lowest BCUT2D eigenvalue weighted by atomic mass is 10.0. The summed E-state index contributed by atoms with van der Waals surface area (Å²) in [6, 6.07) is 0.755. The standard InChI is InChI=1S/C12H24N2S/c1-3-11-8-14(6-7-15-11)9-12-10(2)4-5-13-12/h10-13H,3-9H2,1-2H3. The molecule has 0 spiro atoms. The Hall–Kier alpha value is 0.270. The third kappa shape index (κ3) is 3.11. The lowest BCUT2D eigenvalue weighted by molar-refractivity contribution is 0.239. The summed E-state index contributed by atoms with van der Waals surface area (Å²) in [4.78, 5) is 2.67. The van der Waals surface area contributed by atoms with Gasteiger partial charge in [0.25, 0.3) is 0 Å². The van der Waals surface area contributed by atoms with E-state index in [-0.39, 0.29) is 0 Å². The lowest BCUT2D eigenvalue weighted by Gasteiger charge is -2.34. The Morgan fingerprint density at radius 3 is 3.00 bits per heavy atom. The molecule has 2 nitrogen and oxygen atoms in total. The minimum atomic E-state index is 0.755. The highest BCUT2D eigenvalue weighted by Gasteiger charge is 2.27. The molecule has 0 radical (unpaired) electrons. The van der Waals surface area contributed by atoms with Crippen LogP contribution in [0.5, 0.6) is 0 Å². The van der Waals surface area contributed by atoms with Crippen molar-refractivity contribution in [3.63, 3.8) is 0 Å². The van der Waals surface area contributed by atoms with Crippen LogP contribution < -0.4 is 5.32 Å². The average molecular weight is 228 g/mol. The fraction of sp³-hybridized carbons (Fsp3) is 1.00. The van der Waals surface area contributed by atoms with E-state index in [1.54, 1.807) is 0 Å². The largest absolute Gasteiger partial charge is 0.312 e. The van der Waals surface area contributed by atoms with Crippen molar-refractivity contribution < 1.29 is 0 Å². The number of nitrogens with one attached hydrogen (secondary N) is 1. The van der Waals surface area contributed by atoms with Gasteiger partial charge < -0.3 is 5.32 Å². The molecule has 2 aliphatic heterocycles. The topological polar surface area (TPSA) is 15.3 Å². The van der Waals surface area contributed by atoms with Crippen LogP contribution in [0.2, 0.25) is 0 Å². The first-order chi connectivity index (χ1) is 7.29. The van der Waals surface area contributed by atoms with E-state index < -0.39 is 0 Å². The number of nitrogens with zero attached hydrogens (tertiary/aromatic N) is 1. The monoisotopic (exact) mass is 228 g/mol. The third-order valence-corrected chi connectivity index (χ3v) is 5.20. The highest BCUT2D eigenvalue weighted by molar-refractivity contribution is 8.00. The molecular formula is C12H24N2S. The van der Waals surface area contributed by atoms with Crippen molar-refractivity contribution in [2.45, 2.75) is 38.0 Å². The van der Waals surface area contributed by atoms with Crippen LogP contribution >= 0.6 is 11.8 Å². The van der Waals surface area contributed by atoms with E-state index in [1.165, 1.54) is 44.8 Å². The summed E-state index contributed by atoms with van der Waals surface area (Å²) in [5.41, 5.74) is 0. The van der Waals surface area contributed by atoms with Crippen LogP contribution in [-0.2, 0) is 0 Å². The minimum Gasteiger partial charge on any atom is -0.312 e. The first-order valence-corrected chi connectivity index (χ1v) is 7.41. The second-order valence-corrected chi connectivity index (χ2v) is 6.40. The van der Waals surface area contributed by atoms with E-state index in [0.717, 1.165) is 17.2 Å². The quantitative estimate of drug-likeness (QED) is 0.793. The second kappa shape index (κ2) is 5.55. The molecule has 2 aliphatic rings. The average Bonchev–Trinajstić information content (AvgIpc) is 2.65. The van der Waals surface area contributed by atoms with Gasteiger partial charge in [-0.25, -0.2) is 0 Å². The van der Waals surface area contributed by atoms with Crippen LogP contribution in [0, 0.1) is 5.92 Å². The molecule has 0 bridgehead atoms. The molecule has 1 N–H and O–H groups in total. The molecule has 2 saturated heterocycles. The first kappa shape index (κ1) is 11.7. The summed E-state index contributed by atoms with van der Waals surface area (Å²) in [5.74, 6) is 2.21. The van der Waals surface area contributed by atoms with Crippen molar-refractivity contribution in [2.24, 2.45) is 5.92 Å². The Balaban J connectivity index is 1.78. The fourth-order valence-electron chi connectivity index (χ4n) is 2.61. The summed E-state index contributed by atoms with van der Waals surface area (Å²) in [6.07, 6.45) is 2.69. The molecule has 2 heterocycles. The van der Waals surface area contributed by atoms with Crippen molar-refractivity contribution in [1.29, 1.82) is 0 Å². The molecule has 88 valence electrons. The predicted octanol–water partition coefficient (Wildman–Crippen LogP) is 1.81. The van der Waals surface area contributed by atoms with E-state index >= 15 is 0 Å². The zero-order valence-electron chi connectivity index (χ0n) is 10.0. The smallest absolute Gasteiger partial charge is 0.0221 e. The van der Waals surface area contributed by atoms with Gasteiger partial charge >= 0.3 is 0 Å². The summed E-state index contributed by atoms with van der Waals surface area (Å²) < 4.78 is 0. The molecule has 2 fully saturated rings. The summed E-state index contributed by atoms with van der Waals surface area (Å²) in [6.45, 7) is 9.82. The number of rotatable bonds is 3. The van der Waals surface area contributed by atoms with Crippen LogP contribution in [-0.4, -0.2) is 48.1 Å². The predicted molar refractivity (Wildman–Crippen MR) is 68.5 cm³/mol. The van der Waals surface area contributed by atoms with Gasteiger partial charge in [0.05, 0.1) is 0 Å². The molecule has 3 unspecified atom stereocenters. The van der Waals surface area contributed by atoms with Gasteiger partial charge in [-0.3, -0.25) is 4.90 Å². The van der Waals surface area contributed by atoms with E-state index in [0.29, 0.717) is 0 Å². The van der Waals surface area contributed by atoms with Gasteiger partial charge in [0.1, 0.15) is 0 Å². The van der Waals surface area contributed by atoms with Crippen LogP contribution in [0.15, 0.2) is 0 Å². The maximum atomic E-state index is 3.64. The highest BCUT2D eigenvalue weighted by Crippen LogP contribution is 2.23. The molecule has 3 atom stereocenters. The minimum absolute atomic E-state index is 0.755. The van der Waals surface area contributed by atoms with Gasteiger partial charge in [0.15, 0.2) is 0 Å². The molecular weight excluding hydrogens is 204 g/mol. The number of hydrogen-bond acceptors (Lipinski definition) is 3. The molecule has 15 heavy (non-hydrogen) atoms. The molecule has 0 saturated carbocycles. The van der Waals surface area contributed by atoms with E-state index in [9.17, 15) is 0 Å². The van der Waals surface area contributed by atoms with Crippen molar-refractivity contribution in [3.8, 4) is 0 Å². The van der Waals surface area contributed by atoms with Crippen LogP contribution in [0.4, 0.5) is 0 Å². The zero-order valence-corrected chi connectivity index (χ0v) is 10.9. The Bertz CT molecular complexity index is 198. The van der Waals surface area contributed by atoms with Crippen LogP contribution in [0.3, 0.4) is 0 Å². The summed E-state index contributed by atoms with van der Waals surface area (Å²) in [7, 11) is 0. The first-order valence-electron chi connectivity index (χ1n) is 6.37. The fourth-order valence-corrected chi connectivity index (χ4v) is 3.86. The maximum absolute atomic E-state index is 3.64. The Morgan fingerprint density at radius 2 is 2.33 bits per heavy atom. The van der Waals surface area contributed by atoms with Gasteiger partial charge in [-0.15, -0.1) is 0 Å². The molecule has 0 aliphatic carbocycles. The van der Waals surface area contributed by atoms with Crippen molar-refractivity contribution in [2.75, 3.05) is 31.9 Å². The van der Waals surface area contributed by atoms with Crippen molar-refractivity contribution in [3.05, 3.63) is 0 Å². The second-order valence-electron chi connectivity index (χ2n) is 4.99. The van der Waals surface area contributed by atoms with Gasteiger partial charge in [-0.1, -0.05) is 13.8 Å². The molecule has 0 aromatic heterocycles. The summed E-state index contributed by atoms with van der Waals surface area (Å²) in [5, 5.41) is 4.52. The van der Waals surface area contributed by atoms with Crippen LogP contribution in [0.25, 0.3) is 0 Å². The zero-order chi connectivity index (χ0) is 10.7. The summed E-state index contributed by atoms with van der Waals surface area (Å²) >= 11 is 2.16. The van der Waals surface area contributed by atoms with E-state index in [4.69, 9.17) is 0 Å². The maximum Gasteiger partial charge on any atom is 0.0221 e. The van der Waals surface area contributed by atoms with Gasteiger partial charge in [-0.2, -0.15) is 11.8 Å². The van der Waals surface area contributed by atoms with E-state index in [2.05, 4.69) is 35.8 Å². The van der Waals surface area contributed by atoms with Gasteiger partial charge in [0.2, 0.25) is 0 Å². The molecule has 2 rings (SSSR count). The number of hydrogen-bond donors (Lipinski definition) is 1. The lowest BCUT2D eigenvalue weighted by Crippen LogP contribution is -2.45. The van der Waals surface area contributed by atoms with Crippen molar-refractivity contribution in [1.82, 2.24) is 10.2 Å². The molecule has 0 amide bonds. The Kier molecular flexibility index (Phi) is 4.35. The van der Waals surface area contributed by atoms with Crippen LogP contribution in [0.1, 0.15) is 26.7 Å². The highest BCUT2D eigenvalue weighted by atomic mass is 32.2. The van der Waals surface area contributed by atoms with E-state index in [1.807, 2.05) is 0 Å².